The zero-order chi connectivity index (χ0) is 17.2. The van der Waals surface area contributed by atoms with Crippen LogP contribution in [0, 0.1) is 17.3 Å². The van der Waals surface area contributed by atoms with Crippen molar-refractivity contribution in [1.82, 2.24) is 0 Å². The number of rotatable bonds is 2. The third kappa shape index (κ3) is 1.18. The lowest BCUT2D eigenvalue weighted by atomic mass is 9.52. The molecule has 0 aromatic rings. The molecule has 5 rings (SSSR count). The molecule has 5 fully saturated rings. The fourth-order valence-corrected chi connectivity index (χ4v) is 6.07. The van der Waals surface area contributed by atoms with E-state index in [1.54, 1.807) is 0 Å². The fraction of sp³-hybridized carbons (Fsp3) is 0.765. The average Bonchev–Trinajstić information content (AvgIpc) is 3.11. The fourth-order valence-electron chi connectivity index (χ4n) is 6.07. The molecule has 7 heteroatoms. The van der Waals surface area contributed by atoms with Crippen molar-refractivity contribution < 1.29 is 33.6 Å². The molecule has 3 aliphatic heterocycles. The van der Waals surface area contributed by atoms with E-state index in [0.717, 1.165) is 5.57 Å². The van der Waals surface area contributed by atoms with Gasteiger partial charge in [0, 0.05) is 12.8 Å². The van der Waals surface area contributed by atoms with Gasteiger partial charge in [-0.1, -0.05) is 12.2 Å². The summed E-state index contributed by atoms with van der Waals surface area (Å²) in [4.78, 5) is 24.3. The topological polar surface area (TPSA) is 94.6 Å². The minimum Gasteiger partial charge on any atom is -0.459 e. The van der Waals surface area contributed by atoms with Crippen molar-refractivity contribution in [3.63, 3.8) is 0 Å². The number of carbonyl (C=O) groups is 2. The van der Waals surface area contributed by atoms with Crippen LogP contribution in [0.3, 0.4) is 0 Å². The summed E-state index contributed by atoms with van der Waals surface area (Å²) >= 11 is 0. The van der Waals surface area contributed by atoms with Gasteiger partial charge in [-0.15, -0.1) is 0 Å². The van der Waals surface area contributed by atoms with E-state index in [2.05, 4.69) is 6.58 Å². The number of epoxide rings is 1. The molecular weight excluding hydrogens is 316 g/mol. The number of hydrogen-bond acceptors (Lipinski definition) is 7. The van der Waals surface area contributed by atoms with E-state index in [-0.39, 0.29) is 12.5 Å². The number of ether oxygens (including phenoxy) is 4. The SMILES string of the molecule is C=C(C)[C@@H]1[C@H]2OC(=O)[C@@H]1[C@]1(O)[C@@H]3O[C@H]3[C@]3(OC(C)=O)CO[C@H]2[C@]13C. The van der Waals surface area contributed by atoms with Crippen molar-refractivity contribution in [3.05, 3.63) is 12.2 Å². The van der Waals surface area contributed by atoms with Crippen LogP contribution in [-0.2, 0) is 28.5 Å². The van der Waals surface area contributed by atoms with E-state index < -0.39 is 58.9 Å². The Morgan fingerprint density at radius 1 is 1.33 bits per heavy atom. The van der Waals surface area contributed by atoms with Gasteiger partial charge in [0.15, 0.2) is 5.60 Å². The van der Waals surface area contributed by atoms with E-state index in [1.165, 1.54) is 6.92 Å². The molecule has 0 aromatic heterocycles. The first-order chi connectivity index (χ1) is 11.2. The molecule has 3 saturated heterocycles. The second-order valence-electron chi connectivity index (χ2n) is 7.97. The third-order valence-corrected chi connectivity index (χ3v) is 7.03. The minimum absolute atomic E-state index is 0.126. The van der Waals surface area contributed by atoms with E-state index in [0.29, 0.717) is 0 Å². The van der Waals surface area contributed by atoms with Gasteiger partial charge in [0.1, 0.15) is 30.0 Å². The molecule has 0 amide bonds. The van der Waals surface area contributed by atoms with Crippen LogP contribution in [0.5, 0.6) is 0 Å². The van der Waals surface area contributed by atoms with Gasteiger partial charge in [0.25, 0.3) is 0 Å². The molecule has 2 bridgehead atoms. The zero-order valence-corrected chi connectivity index (χ0v) is 13.8. The van der Waals surface area contributed by atoms with Gasteiger partial charge in [0.2, 0.25) is 0 Å². The highest BCUT2D eigenvalue weighted by molar-refractivity contribution is 5.80. The summed E-state index contributed by atoms with van der Waals surface area (Å²) in [7, 11) is 0. The predicted octanol–water partition coefficient (Wildman–Crippen LogP) is -0.0470. The Morgan fingerprint density at radius 3 is 2.67 bits per heavy atom. The maximum absolute atomic E-state index is 12.6. The molecule has 2 aliphatic carbocycles. The summed E-state index contributed by atoms with van der Waals surface area (Å²) in [5.41, 5.74) is -2.80. The van der Waals surface area contributed by atoms with E-state index in [4.69, 9.17) is 18.9 Å². The van der Waals surface area contributed by atoms with Gasteiger partial charge in [-0.3, -0.25) is 9.59 Å². The minimum atomic E-state index is -1.51. The Balaban J connectivity index is 1.74. The molecular formula is C17H20O7. The smallest absolute Gasteiger partial charge is 0.313 e. The van der Waals surface area contributed by atoms with Gasteiger partial charge in [0.05, 0.1) is 17.9 Å². The van der Waals surface area contributed by atoms with Gasteiger partial charge in [-0.05, 0) is 13.8 Å². The van der Waals surface area contributed by atoms with Crippen molar-refractivity contribution in [1.29, 1.82) is 0 Å². The van der Waals surface area contributed by atoms with Crippen LogP contribution in [0.2, 0.25) is 0 Å². The summed E-state index contributed by atoms with van der Waals surface area (Å²) in [6.07, 6.45) is -2.12. The lowest BCUT2D eigenvalue weighted by Gasteiger charge is -2.54. The van der Waals surface area contributed by atoms with Crippen LogP contribution in [0.15, 0.2) is 12.2 Å². The Bertz CT molecular complexity index is 703. The van der Waals surface area contributed by atoms with Gasteiger partial charge < -0.3 is 24.1 Å². The summed E-state index contributed by atoms with van der Waals surface area (Å²) in [5, 5.41) is 11.8. The molecule has 1 N–H and O–H groups in total. The molecule has 0 spiro atoms. The average molecular weight is 336 g/mol. The molecule has 5 aliphatic rings. The maximum atomic E-state index is 12.6. The predicted molar refractivity (Wildman–Crippen MR) is 77.6 cm³/mol. The quantitative estimate of drug-likeness (QED) is 0.429. The second-order valence-corrected chi connectivity index (χ2v) is 7.97. The number of carbonyl (C=O) groups excluding carboxylic acids is 2. The van der Waals surface area contributed by atoms with Gasteiger partial charge >= 0.3 is 11.9 Å². The molecule has 3 heterocycles. The Hall–Kier alpha value is -1.44. The van der Waals surface area contributed by atoms with E-state index in [1.807, 2.05) is 13.8 Å². The van der Waals surface area contributed by atoms with Crippen LogP contribution < -0.4 is 0 Å². The number of hydrogen-bond donors (Lipinski definition) is 1. The lowest BCUT2D eigenvalue weighted by molar-refractivity contribution is -0.235. The Morgan fingerprint density at radius 2 is 2.04 bits per heavy atom. The normalized spacial score (nSPS) is 58.8. The van der Waals surface area contributed by atoms with E-state index >= 15 is 0 Å². The summed E-state index contributed by atoms with van der Waals surface area (Å²) in [6, 6.07) is 0. The van der Waals surface area contributed by atoms with Crippen LogP contribution in [-0.4, -0.2) is 59.3 Å². The molecule has 0 unspecified atom stereocenters. The molecule has 0 aromatic carbocycles. The molecule has 2 saturated carbocycles. The first-order valence-electron chi connectivity index (χ1n) is 8.25. The highest BCUT2D eigenvalue weighted by atomic mass is 16.7. The summed E-state index contributed by atoms with van der Waals surface area (Å²) in [6.45, 7) is 9.10. The standard InChI is InChI=1S/C17H20O7/c1-6(2)8-9-14(19)22-10(8)11-15(4)16(5-21-11,24-7(3)18)12-13(23-12)17(9,15)20/h8-13,20H,1,5H2,2-4H3/t8-,9+,10+,11+,12+,13+,15-,16+,17-/m0/s1. The zero-order valence-electron chi connectivity index (χ0n) is 13.8. The van der Waals surface area contributed by atoms with Crippen molar-refractivity contribution >= 4 is 11.9 Å². The highest BCUT2D eigenvalue weighted by Gasteiger charge is 2.94. The van der Waals surface area contributed by atoms with Crippen LogP contribution in [0.4, 0.5) is 0 Å². The third-order valence-electron chi connectivity index (χ3n) is 7.03. The second kappa shape index (κ2) is 3.86. The highest BCUT2D eigenvalue weighted by Crippen LogP contribution is 2.75. The molecule has 9 atom stereocenters. The molecule has 24 heavy (non-hydrogen) atoms. The summed E-state index contributed by atoms with van der Waals surface area (Å²) < 4.78 is 23.0. The summed E-state index contributed by atoms with van der Waals surface area (Å²) in [5.74, 6) is -2.03. The van der Waals surface area contributed by atoms with Crippen molar-refractivity contribution in [2.45, 2.75) is 56.4 Å². The number of aliphatic hydroxyl groups is 1. The van der Waals surface area contributed by atoms with Crippen LogP contribution in [0.25, 0.3) is 0 Å². The maximum Gasteiger partial charge on any atom is 0.313 e. The Kier molecular flexibility index (Phi) is 2.39. The van der Waals surface area contributed by atoms with Gasteiger partial charge in [-0.25, -0.2) is 0 Å². The largest absolute Gasteiger partial charge is 0.459 e. The number of esters is 2. The molecule has 7 nitrogen and oxygen atoms in total. The molecule has 0 radical (unpaired) electrons. The molecule has 130 valence electrons. The Labute approximate surface area is 138 Å². The lowest BCUT2D eigenvalue weighted by Crippen LogP contribution is -2.70. The first kappa shape index (κ1) is 14.9. The van der Waals surface area contributed by atoms with Crippen LogP contribution >= 0.6 is 0 Å². The number of fused-ring (bicyclic) bond motifs is 7. The van der Waals surface area contributed by atoms with Crippen LogP contribution in [0.1, 0.15) is 20.8 Å². The van der Waals surface area contributed by atoms with Crippen molar-refractivity contribution in [2.75, 3.05) is 6.61 Å². The van der Waals surface area contributed by atoms with Crippen molar-refractivity contribution in [3.8, 4) is 0 Å². The monoisotopic (exact) mass is 336 g/mol. The first-order valence-corrected chi connectivity index (χ1v) is 8.25. The van der Waals surface area contributed by atoms with E-state index in [9.17, 15) is 14.7 Å². The van der Waals surface area contributed by atoms with Gasteiger partial charge in [-0.2, -0.15) is 0 Å². The van der Waals surface area contributed by atoms with Crippen molar-refractivity contribution in [2.24, 2.45) is 17.3 Å².